The van der Waals surface area contributed by atoms with Crippen molar-refractivity contribution >= 4 is 0 Å². The lowest BCUT2D eigenvalue weighted by Gasteiger charge is -2.50. The third kappa shape index (κ3) is 1.19. The minimum atomic E-state index is 0.102. The third-order valence-corrected chi connectivity index (χ3v) is 2.70. The van der Waals surface area contributed by atoms with E-state index in [0.29, 0.717) is 6.10 Å². The molecule has 1 aliphatic carbocycles. The summed E-state index contributed by atoms with van der Waals surface area (Å²) < 4.78 is 5.23. The second-order valence-electron chi connectivity index (χ2n) is 3.59. The van der Waals surface area contributed by atoms with Gasteiger partial charge in [-0.15, -0.1) is 0 Å². The van der Waals surface area contributed by atoms with Crippen molar-refractivity contribution in [3.05, 3.63) is 0 Å². The summed E-state index contributed by atoms with van der Waals surface area (Å²) in [7, 11) is 1.72. The summed E-state index contributed by atoms with van der Waals surface area (Å²) >= 11 is 0. The van der Waals surface area contributed by atoms with Gasteiger partial charge >= 0.3 is 0 Å². The van der Waals surface area contributed by atoms with E-state index >= 15 is 0 Å². The molecule has 0 bridgehead atoms. The van der Waals surface area contributed by atoms with Gasteiger partial charge in [0.05, 0.1) is 6.10 Å². The highest BCUT2D eigenvalue weighted by atomic mass is 16.5. The van der Waals surface area contributed by atoms with Gasteiger partial charge in [0.25, 0.3) is 0 Å². The van der Waals surface area contributed by atoms with Gasteiger partial charge in [-0.3, -0.25) is 0 Å². The molecule has 1 aliphatic rings. The van der Waals surface area contributed by atoms with E-state index in [1.807, 2.05) is 6.19 Å². The van der Waals surface area contributed by atoms with Crippen LogP contribution in [-0.4, -0.2) is 19.3 Å². The van der Waals surface area contributed by atoms with Crippen LogP contribution in [0.3, 0.4) is 0 Å². The van der Waals surface area contributed by atoms with E-state index in [1.165, 1.54) is 0 Å². The molecule has 3 nitrogen and oxygen atoms in total. The minimum absolute atomic E-state index is 0.102. The van der Waals surface area contributed by atoms with Crippen molar-refractivity contribution < 1.29 is 4.74 Å². The zero-order valence-electron chi connectivity index (χ0n) is 7.22. The van der Waals surface area contributed by atoms with Gasteiger partial charge in [-0.25, -0.2) is 0 Å². The molecule has 11 heavy (non-hydrogen) atoms. The van der Waals surface area contributed by atoms with Gasteiger partial charge in [-0.05, 0) is 6.42 Å². The lowest BCUT2D eigenvalue weighted by molar-refractivity contribution is -0.0930. The molecule has 1 rings (SSSR count). The van der Waals surface area contributed by atoms with Crippen LogP contribution in [0.2, 0.25) is 0 Å². The van der Waals surface area contributed by atoms with Crippen molar-refractivity contribution in [2.24, 2.45) is 5.41 Å². The van der Waals surface area contributed by atoms with E-state index in [-0.39, 0.29) is 11.5 Å². The number of hydrogen-bond acceptors (Lipinski definition) is 3. The Hall–Kier alpha value is -0.750. The quantitative estimate of drug-likeness (QED) is 0.474. The monoisotopic (exact) mass is 154 g/mol. The van der Waals surface area contributed by atoms with Gasteiger partial charge in [-0.1, -0.05) is 13.8 Å². The fourth-order valence-corrected chi connectivity index (χ4v) is 1.61. The van der Waals surface area contributed by atoms with Crippen LogP contribution in [0.4, 0.5) is 0 Å². The lowest BCUT2D eigenvalue weighted by Crippen LogP contribution is -2.59. The first kappa shape index (κ1) is 8.35. The maximum atomic E-state index is 8.39. The summed E-state index contributed by atoms with van der Waals surface area (Å²) in [5.41, 5.74) is 0.102. The summed E-state index contributed by atoms with van der Waals surface area (Å²) in [5.74, 6) is 0. The van der Waals surface area contributed by atoms with E-state index in [0.717, 1.165) is 6.42 Å². The first-order valence-electron chi connectivity index (χ1n) is 3.80. The Bertz CT molecular complexity index is 183. The van der Waals surface area contributed by atoms with Crippen LogP contribution in [-0.2, 0) is 4.74 Å². The molecule has 62 valence electrons. The summed E-state index contributed by atoms with van der Waals surface area (Å²) in [5, 5.41) is 11.2. The number of ether oxygens (including phenoxy) is 1. The standard InChI is InChI=1S/C8H14N2O/c1-8(2)6(10-5-9)4-7(8)11-3/h6-7,10H,4H2,1-3H3. The molecule has 1 saturated carbocycles. The highest BCUT2D eigenvalue weighted by molar-refractivity contribution is 5.04. The first-order valence-corrected chi connectivity index (χ1v) is 3.80. The molecule has 1 N–H and O–H groups in total. The molecule has 2 unspecified atom stereocenters. The van der Waals surface area contributed by atoms with Gasteiger partial charge in [0.15, 0.2) is 6.19 Å². The zero-order valence-corrected chi connectivity index (χ0v) is 7.22. The Morgan fingerprint density at radius 2 is 2.27 bits per heavy atom. The second-order valence-corrected chi connectivity index (χ2v) is 3.59. The number of nitriles is 1. The zero-order chi connectivity index (χ0) is 8.48. The van der Waals surface area contributed by atoms with Crippen molar-refractivity contribution in [1.82, 2.24) is 5.32 Å². The average Bonchev–Trinajstić information content (AvgIpc) is 1.97. The van der Waals surface area contributed by atoms with E-state index in [4.69, 9.17) is 10.00 Å². The van der Waals surface area contributed by atoms with Crippen LogP contribution in [0.25, 0.3) is 0 Å². The molecule has 0 aromatic carbocycles. The molecule has 0 amide bonds. The van der Waals surface area contributed by atoms with Crippen LogP contribution < -0.4 is 5.32 Å². The van der Waals surface area contributed by atoms with Crippen LogP contribution in [0.15, 0.2) is 0 Å². The number of nitrogens with zero attached hydrogens (tertiary/aromatic N) is 1. The van der Waals surface area contributed by atoms with Crippen LogP contribution in [0.5, 0.6) is 0 Å². The smallest absolute Gasteiger partial charge is 0.176 e. The fourth-order valence-electron chi connectivity index (χ4n) is 1.61. The lowest BCUT2D eigenvalue weighted by atomic mass is 9.64. The molecule has 0 heterocycles. The Balaban J connectivity index is 2.48. The van der Waals surface area contributed by atoms with Crippen molar-refractivity contribution in [2.45, 2.75) is 32.4 Å². The van der Waals surface area contributed by atoms with E-state index in [9.17, 15) is 0 Å². The van der Waals surface area contributed by atoms with Crippen molar-refractivity contribution in [1.29, 1.82) is 5.26 Å². The van der Waals surface area contributed by atoms with Crippen LogP contribution in [0.1, 0.15) is 20.3 Å². The highest BCUT2D eigenvalue weighted by Crippen LogP contribution is 2.42. The molecule has 1 fully saturated rings. The Morgan fingerprint density at radius 1 is 1.64 bits per heavy atom. The fraction of sp³-hybridized carbons (Fsp3) is 0.875. The molecule has 3 heteroatoms. The van der Waals surface area contributed by atoms with Gasteiger partial charge < -0.3 is 10.1 Å². The molecular formula is C8H14N2O. The van der Waals surface area contributed by atoms with Gasteiger partial charge in [-0.2, -0.15) is 5.26 Å². The number of nitrogens with one attached hydrogen (secondary N) is 1. The Labute approximate surface area is 67.3 Å². The molecule has 0 spiro atoms. The molecule has 0 radical (unpaired) electrons. The number of methoxy groups -OCH3 is 1. The van der Waals surface area contributed by atoms with Crippen molar-refractivity contribution in [2.75, 3.05) is 7.11 Å². The SMILES string of the molecule is COC1CC(NC#N)C1(C)C. The predicted octanol–water partition coefficient (Wildman–Crippen LogP) is 0.871. The Morgan fingerprint density at radius 3 is 2.64 bits per heavy atom. The second kappa shape index (κ2) is 2.71. The largest absolute Gasteiger partial charge is 0.381 e. The third-order valence-electron chi connectivity index (χ3n) is 2.70. The average molecular weight is 154 g/mol. The summed E-state index contributed by atoms with van der Waals surface area (Å²) in [6, 6.07) is 0.289. The van der Waals surface area contributed by atoms with Gasteiger partial charge in [0, 0.05) is 18.6 Å². The van der Waals surface area contributed by atoms with Gasteiger partial charge in [0.2, 0.25) is 0 Å². The van der Waals surface area contributed by atoms with Crippen LogP contribution >= 0.6 is 0 Å². The molecule has 0 saturated heterocycles. The highest BCUT2D eigenvalue weighted by Gasteiger charge is 2.48. The first-order chi connectivity index (χ1) is 5.12. The molecular weight excluding hydrogens is 140 g/mol. The van der Waals surface area contributed by atoms with E-state index in [1.54, 1.807) is 7.11 Å². The maximum absolute atomic E-state index is 8.39. The summed E-state index contributed by atoms with van der Waals surface area (Å²) in [4.78, 5) is 0. The maximum Gasteiger partial charge on any atom is 0.176 e. The summed E-state index contributed by atoms with van der Waals surface area (Å²) in [6.45, 7) is 4.22. The van der Waals surface area contributed by atoms with Gasteiger partial charge in [0.1, 0.15) is 0 Å². The van der Waals surface area contributed by atoms with Crippen molar-refractivity contribution in [3.63, 3.8) is 0 Å². The molecule has 2 atom stereocenters. The van der Waals surface area contributed by atoms with Crippen LogP contribution in [0, 0.1) is 16.9 Å². The predicted molar refractivity (Wildman–Crippen MR) is 41.7 cm³/mol. The van der Waals surface area contributed by atoms with E-state index < -0.39 is 0 Å². The number of rotatable bonds is 2. The van der Waals surface area contributed by atoms with Crippen molar-refractivity contribution in [3.8, 4) is 6.19 Å². The van der Waals surface area contributed by atoms with E-state index in [2.05, 4.69) is 19.2 Å². The molecule has 0 aliphatic heterocycles. The summed E-state index contributed by atoms with van der Waals surface area (Å²) in [6.07, 6.45) is 3.21. The Kier molecular flexibility index (Phi) is 2.05. The molecule has 0 aromatic rings. The normalized spacial score (nSPS) is 33.6. The number of hydrogen-bond donors (Lipinski definition) is 1. The topological polar surface area (TPSA) is 45.0 Å². The molecule has 0 aromatic heterocycles. The minimum Gasteiger partial charge on any atom is -0.381 e.